The molecule has 6 rings (SSSR count). The first-order valence-electron chi connectivity index (χ1n) is 13.2. The summed E-state index contributed by atoms with van der Waals surface area (Å²) in [5, 5.41) is 18.6. The molecule has 3 N–H and O–H groups in total. The van der Waals surface area contributed by atoms with E-state index in [9.17, 15) is 0 Å². The van der Waals surface area contributed by atoms with Gasteiger partial charge in [-0.25, -0.2) is 0 Å². The molecule has 0 spiro atoms. The summed E-state index contributed by atoms with van der Waals surface area (Å²) in [6.07, 6.45) is 8.52. The van der Waals surface area contributed by atoms with Crippen molar-refractivity contribution in [1.29, 1.82) is 0 Å². The smallest absolute Gasteiger partial charge is 0.229 e. The number of anilines is 4. The summed E-state index contributed by atoms with van der Waals surface area (Å²) in [6, 6.07) is 12.1. The van der Waals surface area contributed by atoms with Gasteiger partial charge in [0.2, 0.25) is 5.95 Å². The number of aromatic nitrogens is 6. The van der Waals surface area contributed by atoms with Crippen molar-refractivity contribution in [2.24, 2.45) is 5.92 Å². The summed E-state index contributed by atoms with van der Waals surface area (Å²) in [5.74, 6) is 4.54. The molecule has 192 valence electrons. The Hall–Kier alpha value is -3.95. The molecule has 0 aromatic carbocycles. The van der Waals surface area contributed by atoms with Gasteiger partial charge in [0.1, 0.15) is 17.3 Å². The first kappa shape index (κ1) is 23.4. The van der Waals surface area contributed by atoms with Crippen LogP contribution in [-0.2, 0) is 0 Å². The molecule has 4 aromatic heterocycles. The van der Waals surface area contributed by atoms with Crippen LogP contribution in [0.4, 0.5) is 23.4 Å². The van der Waals surface area contributed by atoms with E-state index in [2.05, 4.69) is 42.8 Å². The van der Waals surface area contributed by atoms with E-state index in [4.69, 9.17) is 14.5 Å². The van der Waals surface area contributed by atoms with Gasteiger partial charge in [0, 0.05) is 42.7 Å². The van der Waals surface area contributed by atoms with Crippen molar-refractivity contribution >= 4 is 23.4 Å². The molecule has 2 aliphatic rings. The Kier molecular flexibility index (Phi) is 6.46. The van der Waals surface area contributed by atoms with Gasteiger partial charge in [-0.15, -0.1) is 0 Å². The summed E-state index contributed by atoms with van der Waals surface area (Å²) >= 11 is 0. The number of rotatable bonds is 7. The fraction of sp³-hybridized carbons (Fsp3) is 0.444. The summed E-state index contributed by atoms with van der Waals surface area (Å²) in [7, 11) is 0. The third-order valence-electron chi connectivity index (χ3n) is 7.34. The van der Waals surface area contributed by atoms with E-state index >= 15 is 0 Å². The van der Waals surface area contributed by atoms with E-state index in [-0.39, 0.29) is 6.04 Å². The first-order chi connectivity index (χ1) is 18.1. The van der Waals surface area contributed by atoms with Crippen molar-refractivity contribution in [3.8, 4) is 11.4 Å². The summed E-state index contributed by atoms with van der Waals surface area (Å²) in [5.41, 5.74) is 2.52. The molecule has 2 fully saturated rings. The van der Waals surface area contributed by atoms with Gasteiger partial charge < -0.3 is 20.1 Å². The van der Waals surface area contributed by atoms with Crippen LogP contribution < -0.4 is 15.5 Å². The molecule has 4 aromatic rings. The van der Waals surface area contributed by atoms with Crippen molar-refractivity contribution in [2.75, 3.05) is 22.1 Å². The number of nitrogens with zero attached hydrogens (tertiary/aromatic N) is 6. The summed E-state index contributed by atoms with van der Waals surface area (Å²) in [6.45, 7) is 5.16. The summed E-state index contributed by atoms with van der Waals surface area (Å²) in [4.78, 5) is 16.5. The minimum absolute atomic E-state index is 0.0104. The molecule has 0 radical (unpaired) electrons. The quantitative estimate of drug-likeness (QED) is 0.297. The van der Waals surface area contributed by atoms with Crippen LogP contribution in [0.25, 0.3) is 11.4 Å². The van der Waals surface area contributed by atoms with Crippen LogP contribution in [0, 0.1) is 12.8 Å². The maximum absolute atomic E-state index is 5.81. The van der Waals surface area contributed by atoms with Crippen LogP contribution >= 0.6 is 0 Å². The third kappa shape index (κ3) is 5.28. The Bertz CT molecular complexity index is 1330. The van der Waals surface area contributed by atoms with E-state index in [0.29, 0.717) is 17.8 Å². The lowest BCUT2D eigenvalue weighted by Crippen LogP contribution is -2.28. The Morgan fingerprint density at radius 2 is 1.84 bits per heavy atom. The second-order valence-electron chi connectivity index (χ2n) is 10.3. The topological polar surface area (TPSA) is 121 Å². The Morgan fingerprint density at radius 3 is 2.62 bits per heavy atom. The van der Waals surface area contributed by atoms with Crippen LogP contribution in [0.1, 0.15) is 62.9 Å². The average molecular weight is 500 g/mol. The van der Waals surface area contributed by atoms with E-state index in [1.807, 2.05) is 43.3 Å². The molecular weight excluding hydrogens is 466 g/mol. The van der Waals surface area contributed by atoms with Gasteiger partial charge in [-0.2, -0.15) is 15.1 Å². The molecule has 1 saturated heterocycles. The highest BCUT2D eigenvalue weighted by molar-refractivity contribution is 5.60. The largest absolute Gasteiger partial charge is 0.367 e. The van der Waals surface area contributed by atoms with Crippen molar-refractivity contribution in [2.45, 2.75) is 64.5 Å². The molecule has 1 saturated carbocycles. The van der Waals surface area contributed by atoms with E-state index in [1.165, 1.54) is 12.8 Å². The Labute approximate surface area is 216 Å². The predicted molar refractivity (Wildman–Crippen MR) is 143 cm³/mol. The molecule has 1 unspecified atom stereocenters. The lowest BCUT2D eigenvalue weighted by molar-refractivity contribution is 0.360. The van der Waals surface area contributed by atoms with Gasteiger partial charge in [0.05, 0.1) is 11.7 Å². The van der Waals surface area contributed by atoms with Crippen LogP contribution in [-0.4, -0.2) is 42.9 Å². The monoisotopic (exact) mass is 499 g/mol. The summed E-state index contributed by atoms with van der Waals surface area (Å²) < 4.78 is 5.81. The molecule has 5 heterocycles. The zero-order chi connectivity index (χ0) is 25.2. The number of aromatic amines is 1. The normalized spacial score (nSPS) is 21.8. The standard InChI is InChI=1S/C27H33N9O/c1-17-8-10-19(11-9-17)29-24-16-25(30-26-14-18(2)33-34-26)32-27(31-24)36-13-5-7-22(36)23-15-21(35-37-23)20-6-3-4-12-28-20/h3-4,6,12,14-17,19,22H,5,7-11,13H2,1-2H3,(H3,29,30,31,32,33,34). The van der Waals surface area contributed by atoms with Crippen molar-refractivity contribution in [3.05, 3.63) is 54.0 Å². The number of hydrogen-bond acceptors (Lipinski definition) is 9. The van der Waals surface area contributed by atoms with Crippen molar-refractivity contribution < 1.29 is 4.52 Å². The third-order valence-corrected chi connectivity index (χ3v) is 7.34. The predicted octanol–water partition coefficient (Wildman–Crippen LogP) is 5.63. The SMILES string of the molecule is Cc1cc(Nc2cc(NC3CCC(C)CC3)nc(N3CCCC3c3cc(-c4ccccn4)no3)n2)n[nH]1. The minimum atomic E-state index is 0.0104. The van der Waals surface area contributed by atoms with Crippen LogP contribution in [0.5, 0.6) is 0 Å². The first-order valence-corrected chi connectivity index (χ1v) is 13.2. The minimum Gasteiger partial charge on any atom is -0.367 e. The molecule has 0 bridgehead atoms. The molecule has 1 atom stereocenters. The number of nitrogens with one attached hydrogen (secondary N) is 3. The maximum Gasteiger partial charge on any atom is 0.229 e. The average Bonchev–Trinajstić information content (AvgIpc) is 3.67. The number of H-pyrrole nitrogens is 1. The fourth-order valence-corrected chi connectivity index (χ4v) is 5.31. The van der Waals surface area contributed by atoms with E-state index < -0.39 is 0 Å². The van der Waals surface area contributed by atoms with Gasteiger partial charge >= 0.3 is 0 Å². The molecule has 10 nitrogen and oxygen atoms in total. The van der Waals surface area contributed by atoms with E-state index in [1.54, 1.807) is 6.20 Å². The molecular formula is C27H33N9O. The fourth-order valence-electron chi connectivity index (χ4n) is 5.31. The van der Waals surface area contributed by atoms with Crippen molar-refractivity contribution in [3.63, 3.8) is 0 Å². The number of aryl methyl sites for hydroxylation is 1. The highest BCUT2D eigenvalue weighted by Crippen LogP contribution is 2.37. The Balaban J connectivity index is 1.29. The van der Waals surface area contributed by atoms with Gasteiger partial charge in [-0.1, -0.05) is 18.1 Å². The van der Waals surface area contributed by atoms with Crippen LogP contribution in [0.2, 0.25) is 0 Å². The lowest BCUT2D eigenvalue weighted by Gasteiger charge is -2.28. The zero-order valence-electron chi connectivity index (χ0n) is 21.3. The highest BCUT2D eigenvalue weighted by atomic mass is 16.5. The van der Waals surface area contributed by atoms with Gasteiger partial charge in [0.15, 0.2) is 11.6 Å². The van der Waals surface area contributed by atoms with Gasteiger partial charge in [-0.05, 0) is 63.5 Å². The van der Waals surface area contributed by atoms with Crippen LogP contribution in [0.15, 0.2) is 47.1 Å². The Morgan fingerprint density at radius 1 is 0.973 bits per heavy atom. The highest BCUT2D eigenvalue weighted by Gasteiger charge is 2.32. The van der Waals surface area contributed by atoms with Crippen LogP contribution in [0.3, 0.4) is 0 Å². The number of hydrogen-bond donors (Lipinski definition) is 3. The number of pyridine rings is 1. The molecule has 0 amide bonds. The molecule has 1 aliphatic heterocycles. The molecule has 37 heavy (non-hydrogen) atoms. The van der Waals surface area contributed by atoms with Gasteiger partial charge in [-0.3, -0.25) is 10.1 Å². The zero-order valence-corrected chi connectivity index (χ0v) is 21.3. The molecule has 10 heteroatoms. The van der Waals surface area contributed by atoms with Gasteiger partial charge in [0.25, 0.3) is 0 Å². The molecule has 1 aliphatic carbocycles. The second kappa shape index (κ2) is 10.2. The maximum atomic E-state index is 5.81. The lowest BCUT2D eigenvalue weighted by atomic mass is 9.87. The van der Waals surface area contributed by atoms with Crippen molar-refractivity contribution in [1.82, 2.24) is 30.3 Å². The second-order valence-corrected chi connectivity index (χ2v) is 10.3. The van der Waals surface area contributed by atoms with E-state index in [0.717, 1.165) is 72.6 Å².